The van der Waals surface area contributed by atoms with E-state index in [1.54, 1.807) is 0 Å². The molecular formula is C13H23NO2. The fourth-order valence-corrected chi connectivity index (χ4v) is 3.00. The van der Waals surface area contributed by atoms with Crippen LogP contribution in [0.15, 0.2) is 0 Å². The van der Waals surface area contributed by atoms with Gasteiger partial charge in [-0.05, 0) is 37.0 Å². The summed E-state index contributed by atoms with van der Waals surface area (Å²) in [6.45, 7) is 4.61. The van der Waals surface area contributed by atoms with Crippen LogP contribution in [0, 0.1) is 23.7 Å². The first-order valence-corrected chi connectivity index (χ1v) is 6.57. The second kappa shape index (κ2) is 4.74. The van der Waals surface area contributed by atoms with Gasteiger partial charge in [0, 0.05) is 12.5 Å². The number of hydrogen-bond acceptors (Lipinski definition) is 2. The van der Waals surface area contributed by atoms with Crippen molar-refractivity contribution in [2.24, 2.45) is 23.7 Å². The quantitative estimate of drug-likeness (QED) is 0.746. The van der Waals surface area contributed by atoms with Crippen molar-refractivity contribution in [3.05, 3.63) is 0 Å². The van der Waals surface area contributed by atoms with Crippen LogP contribution in [0.1, 0.15) is 39.5 Å². The molecule has 2 aliphatic rings. The highest BCUT2D eigenvalue weighted by atomic mass is 16.3. The van der Waals surface area contributed by atoms with Crippen LogP contribution in [0.3, 0.4) is 0 Å². The smallest absolute Gasteiger partial charge is 0.223 e. The summed E-state index contributed by atoms with van der Waals surface area (Å²) in [6, 6.07) is 0. The molecule has 2 aliphatic carbocycles. The largest absolute Gasteiger partial charge is 0.393 e. The summed E-state index contributed by atoms with van der Waals surface area (Å²) in [7, 11) is 0. The number of rotatable bonds is 5. The lowest BCUT2D eigenvalue weighted by atomic mass is 10.0. The molecule has 2 N–H and O–H groups in total. The first-order valence-electron chi connectivity index (χ1n) is 6.57. The van der Waals surface area contributed by atoms with Crippen molar-refractivity contribution < 1.29 is 9.90 Å². The van der Waals surface area contributed by atoms with Crippen LogP contribution in [-0.2, 0) is 4.79 Å². The van der Waals surface area contributed by atoms with E-state index >= 15 is 0 Å². The molecule has 2 saturated carbocycles. The van der Waals surface area contributed by atoms with E-state index < -0.39 is 0 Å². The Morgan fingerprint density at radius 2 is 2.00 bits per heavy atom. The Balaban J connectivity index is 1.62. The predicted octanol–water partition coefficient (Wildman–Crippen LogP) is 1.56. The molecule has 2 rings (SSSR count). The van der Waals surface area contributed by atoms with E-state index in [9.17, 15) is 9.90 Å². The lowest BCUT2D eigenvalue weighted by Gasteiger charge is -2.14. The maximum absolute atomic E-state index is 11.8. The molecule has 0 spiro atoms. The SMILES string of the molecule is CC(C)C(O)CCNC(=O)C1C2CCCC21. The molecule has 3 atom stereocenters. The molecule has 3 unspecified atom stereocenters. The van der Waals surface area contributed by atoms with Crippen molar-refractivity contribution in [1.82, 2.24) is 5.32 Å². The van der Waals surface area contributed by atoms with Crippen LogP contribution < -0.4 is 5.32 Å². The maximum atomic E-state index is 11.8. The van der Waals surface area contributed by atoms with Crippen LogP contribution >= 0.6 is 0 Å². The van der Waals surface area contributed by atoms with Gasteiger partial charge in [0.1, 0.15) is 0 Å². The summed E-state index contributed by atoms with van der Waals surface area (Å²) in [5, 5.41) is 12.6. The first kappa shape index (κ1) is 11.9. The molecule has 0 radical (unpaired) electrons. The molecule has 0 aliphatic heterocycles. The minimum absolute atomic E-state index is 0.227. The molecule has 0 bridgehead atoms. The van der Waals surface area contributed by atoms with Crippen LogP contribution in [0.2, 0.25) is 0 Å². The maximum Gasteiger partial charge on any atom is 0.223 e. The van der Waals surface area contributed by atoms with Gasteiger partial charge in [-0.15, -0.1) is 0 Å². The van der Waals surface area contributed by atoms with Gasteiger partial charge in [0.15, 0.2) is 0 Å². The summed E-state index contributed by atoms with van der Waals surface area (Å²) in [5.41, 5.74) is 0. The zero-order valence-corrected chi connectivity index (χ0v) is 10.3. The van der Waals surface area contributed by atoms with Gasteiger partial charge in [-0.25, -0.2) is 0 Å². The summed E-state index contributed by atoms with van der Waals surface area (Å²) in [5.74, 6) is 2.19. The minimum Gasteiger partial charge on any atom is -0.393 e. The highest BCUT2D eigenvalue weighted by Gasteiger charge is 2.56. The van der Waals surface area contributed by atoms with Crippen molar-refractivity contribution in [3.63, 3.8) is 0 Å². The van der Waals surface area contributed by atoms with E-state index in [0.717, 1.165) is 0 Å². The summed E-state index contributed by atoms with van der Waals surface area (Å²) < 4.78 is 0. The Bertz CT molecular complexity index is 255. The molecule has 0 aromatic heterocycles. The second-order valence-corrected chi connectivity index (χ2v) is 5.68. The van der Waals surface area contributed by atoms with Crippen LogP contribution in [0.25, 0.3) is 0 Å². The number of amides is 1. The van der Waals surface area contributed by atoms with Gasteiger partial charge in [0.25, 0.3) is 0 Å². The highest BCUT2D eigenvalue weighted by molar-refractivity contribution is 5.82. The number of fused-ring (bicyclic) bond motifs is 1. The Labute approximate surface area is 97.6 Å². The predicted molar refractivity (Wildman–Crippen MR) is 62.8 cm³/mol. The van der Waals surface area contributed by atoms with Gasteiger partial charge in [0.2, 0.25) is 5.91 Å². The first-order chi connectivity index (χ1) is 7.61. The normalized spacial score (nSPS) is 33.6. The van der Waals surface area contributed by atoms with Crippen LogP contribution in [0.4, 0.5) is 0 Å². The highest BCUT2D eigenvalue weighted by Crippen LogP contribution is 2.57. The second-order valence-electron chi connectivity index (χ2n) is 5.68. The Morgan fingerprint density at radius 1 is 1.38 bits per heavy atom. The number of nitrogens with one attached hydrogen (secondary N) is 1. The van der Waals surface area contributed by atoms with Crippen molar-refractivity contribution in [2.45, 2.75) is 45.6 Å². The molecule has 92 valence electrons. The summed E-state index contributed by atoms with van der Waals surface area (Å²) in [6.07, 6.45) is 4.18. The zero-order chi connectivity index (χ0) is 11.7. The number of aliphatic hydroxyl groups is 1. The molecule has 0 heterocycles. The topological polar surface area (TPSA) is 49.3 Å². The van der Waals surface area contributed by atoms with Crippen molar-refractivity contribution in [1.29, 1.82) is 0 Å². The third-order valence-electron chi connectivity index (χ3n) is 4.22. The van der Waals surface area contributed by atoms with Gasteiger partial charge in [0.05, 0.1) is 6.10 Å². The van der Waals surface area contributed by atoms with E-state index in [-0.39, 0.29) is 17.9 Å². The summed E-state index contributed by atoms with van der Waals surface area (Å²) in [4.78, 5) is 11.8. The summed E-state index contributed by atoms with van der Waals surface area (Å²) >= 11 is 0. The molecule has 1 amide bonds. The number of carbonyl (C=O) groups is 1. The number of hydrogen-bond donors (Lipinski definition) is 2. The van der Waals surface area contributed by atoms with Gasteiger partial charge >= 0.3 is 0 Å². The molecule has 3 nitrogen and oxygen atoms in total. The monoisotopic (exact) mass is 225 g/mol. The standard InChI is InChI=1S/C13H23NO2/c1-8(2)11(15)6-7-14-13(16)12-9-4-3-5-10(9)12/h8-12,15H,3-7H2,1-2H3,(H,14,16). The molecule has 0 aromatic rings. The fraction of sp³-hybridized carbons (Fsp3) is 0.923. The molecular weight excluding hydrogens is 202 g/mol. The van der Waals surface area contributed by atoms with Gasteiger partial charge < -0.3 is 10.4 Å². The molecule has 0 aromatic carbocycles. The number of aliphatic hydroxyl groups excluding tert-OH is 1. The fourth-order valence-electron chi connectivity index (χ4n) is 3.00. The lowest BCUT2D eigenvalue weighted by Crippen LogP contribution is -2.30. The molecule has 2 fully saturated rings. The van der Waals surface area contributed by atoms with Crippen LogP contribution in [-0.4, -0.2) is 23.7 Å². The molecule has 0 saturated heterocycles. The molecule has 3 heteroatoms. The Kier molecular flexibility index (Phi) is 3.53. The van der Waals surface area contributed by atoms with Gasteiger partial charge in [-0.3, -0.25) is 4.79 Å². The minimum atomic E-state index is -0.293. The number of carbonyl (C=O) groups excluding carboxylic acids is 1. The third kappa shape index (κ3) is 2.40. The Hall–Kier alpha value is -0.570. The van der Waals surface area contributed by atoms with Gasteiger partial charge in [-0.1, -0.05) is 20.3 Å². The zero-order valence-electron chi connectivity index (χ0n) is 10.3. The average Bonchev–Trinajstić information content (AvgIpc) is 2.72. The van der Waals surface area contributed by atoms with Crippen molar-refractivity contribution in [2.75, 3.05) is 6.54 Å². The molecule has 16 heavy (non-hydrogen) atoms. The van der Waals surface area contributed by atoms with E-state index in [1.807, 2.05) is 13.8 Å². The van der Waals surface area contributed by atoms with E-state index in [4.69, 9.17) is 0 Å². The average molecular weight is 225 g/mol. The van der Waals surface area contributed by atoms with E-state index in [2.05, 4.69) is 5.32 Å². The Morgan fingerprint density at radius 3 is 2.56 bits per heavy atom. The van der Waals surface area contributed by atoms with E-state index in [1.165, 1.54) is 19.3 Å². The lowest BCUT2D eigenvalue weighted by molar-refractivity contribution is -0.123. The third-order valence-corrected chi connectivity index (χ3v) is 4.22. The van der Waals surface area contributed by atoms with Crippen molar-refractivity contribution >= 4 is 5.91 Å². The van der Waals surface area contributed by atoms with Gasteiger partial charge in [-0.2, -0.15) is 0 Å². The van der Waals surface area contributed by atoms with E-state index in [0.29, 0.717) is 30.7 Å². The van der Waals surface area contributed by atoms with Crippen LogP contribution in [0.5, 0.6) is 0 Å². The van der Waals surface area contributed by atoms with Crippen molar-refractivity contribution in [3.8, 4) is 0 Å².